The molecule has 1 aromatic rings. The Kier molecular flexibility index (Phi) is 4.59. The fourth-order valence-corrected chi connectivity index (χ4v) is 4.83. The minimum atomic E-state index is -1.20. The molecule has 0 N–H and O–H groups in total. The molecule has 2 heterocycles. The van der Waals surface area contributed by atoms with Gasteiger partial charge in [0.1, 0.15) is 0 Å². The summed E-state index contributed by atoms with van der Waals surface area (Å²) >= 11 is 7.04. The van der Waals surface area contributed by atoms with Gasteiger partial charge in [-0.2, -0.15) is 0 Å². The lowest BCUT2D eigenvalue weighted by Crippen LogP contribution is -2.33. The second-order valence-corrected chi connectivity index (χ2v) is 8.03. The average molecular weight is 307 g/mol. The summed E-state index contributed by atoms with van der Waals surface area (Å²) in [7, 11) is -1.20. The molecule has 0 amide bonds. The topological polar surface area (TPSA) is 43.4 Å². The van der Waals surface area contributed by atoms with E-state index in [-0.39, 0.29) is 17.1 Å². The molecular weight excluding hydrogens is 292 g/mol. The zero-order valence-electron chi connectivity index (χ0n) is 10.2. The van der Waals surface area contributed by atoms with Gasteiger partial charge >= 0.3 is 0 Å². The Morgan fingerprint density at radius 2 is 2.33 bits per heavy atom. The van der Waals surface area contributed by atoms with Gasteiger partial charge in [0.05, 0.1) is 25.8 Å². The molecule has 100 valence electrons. The molecule has 0 spiro atoms. The highest BCUT2D eigenvalue weighted by Gasteiger charge is 2.35. The minimum Gasteiger partial charge on any atom is -0.377 e. The molecule has 6 heteroatoms. The predicted molar refractivity (Wildman–Crippen MR) is 75.1 cm³/mol. The summed E-state index contributed by atoms with van der Waals surface area (Å²) in [5.41, 5.74) is 0. The lowest BCUT2D eigenvalue weighted by molar-refractivity contribution is 0.0995. The Bertz CT molecular complexity index is 472. The van der Waals surface area contributed by atoms with Gasteiger partial charge in [0.15, 0.2) is 5.78 Å². The van der Waals surface area contributed by atoms with Crippen molar-refractivity contribution in [3.8, 4) is 0 Å². The van der Waals surface area contributed by atoms with Crippen molar-refractivity contribution in [1.82, 2.24) is 0 Å². The van der Waals surface area contributed by atoms with E-state index in [1.807, 2.05) is 6.92 Å². The Morgan fingerprint density at radius 1 is 1.61 bits per heavy atom. The molecule has 4 atom stereocenters. The van der Waals surface area contributed by atoms with Gasteiger partial charge in [0.25, 0.3) is 0 Å². The summed E-state index contributed by atoms with van der Waals surface area (Å²) in [6.07, 6.45) is 0.726. The van der Waals surface area contributed by atoms with E-state index in [1.54, 1.807) is 19.1 Å². The van der Waals surface area contributed by atoms with Gasteiger partial charge in [0, 0.05) is 17.4 Å². The van der Waals surface area contributed by atoms with Crippen LogP contribution >= 0.6 is 22.9 Å². The third-order valence-corrected chi connectivity index (χ3v) is 6.51. The van der Waals surface area contributed by atoms with Crippen LogP contribution in [0.4, 0.5) is 0 Å². The van der Waals surface area contributed by atoms with Crippen molar-refractivity contribution >= 4 is 39.5 Å². The number of rotatable bonds is 4. The quantitative estimate of drug-likeness (QED) is 0.803. The van der Waals surface area contributed by atoms with Gasteiger partial charge in [-0.1, -0.05) is 11.6 Å². The summed E-state index contributed by atoms with van der Waals surface area (Å²) in [5.74, 6) is -0.0932. The van der Waals surface area contributed by atoms with Crippen LogP contribution in [-0.4, -0.2) is 33.2 Å². The third kappa shape index (κ3) is 2.85. The highest BCUT2D eigenvalue weighted by molar-refractivity contribution is 7.87. The van der Waals surface area contributed by atoms with Gasteiger partial charge in [-0.25, -0.2) is 0 Å². The van der Waals surface area contributed by atoms with Gasteiger partial charge in [-0.3, -0.25) is 9.00 Å². The Morgan fingerprint density at radius 3 is 2.83 bits per heavy atom. The van der Waals surface area contributed by atoms with Crippen LogP contribution in [0.15, 0.2) is 12.1 Å². The number of halogens is 1. The number of Topliss-reactive ketones (excluding diaryl/α,β-unsaturated/α-hetero) is 1. The van der Waals surface area contributed by atoms with E-state index in [0.29, 0.717) is 15.8 Å². The first kappa shape index (κ1) is 14.2. The summed E-state index contributed by atoms with van der Waals surface area (Å²) in [4.78, 5) is 12.8. The molecule has 0 aliphatic carbocycles. The van der Waals surface area contributed by atoms with Gasteiger partial charge in [-0.05, 0) is 32.4 Å². The van der Waals surface area contributed by atoms with Crippen LogP contribution in [0.3, 0.4) is 0 Å². The molecule has 4 unspecified atom stereocenters. The van der Waals surface area contributed by atoms with Crippen LogP contribution in [0.25, 0.3) is 0 Å². The number of carbonyl (C=O) groups excluding carboxylic acids is 1. The van der Waals surface area contributed by atoms with Crippen LogP contribution in [0.5, 0.6) is 0 Å². The smallest absolute Gasteiger partial charge is 0.188 e. The molecule has 0 aromatic carbocycles. The predicted octanol–water partition coefficient (Wildman–Crippen LogP) is 2.90. The van der Waals surface area contributed by atoms with Gasteiger partial charge in [-0.15, -0.1) is 11.3 Å². The van der Waals surface area contributed by atoms with Crippen LogP contribution in [0.1, 0.15) is 29.9 Å². The fourth-order valence-electron chi connectivity index (χ4n) is 2.03. The van der Waals surface area contributed by atoms with E-state index < -0.39 is 16.0 Å². The van der Waals surface area contributed by atoms with Crippen molar-refractivity contribution in [2.24, 2.45) is 0 Å². The SMILES string of the molecule is CC1OCCC1S(=O)C(C)C(=O)c1ccc(Cl)s1. The summed E-state index contributed by atoms with van der Waals surface area (Å²) in [6.45, 7) is 4.26. The van der Waals surface area contributed by atoms with Gasteiger partial charge in [0.2, 0.25) is 0 Å². The molecule has 18 heavy (non-hydrogen) atoms. The molecule has 1 fully saturated rings. The molecule has 2 rings (SSSR count). The second kappa shape index (κ2) is 5.82. The first-order valence-corrected chi connectivity index (χ1v) is 8.28. The average Bonchev–Trinajstić information content (AvgIpc) is 2.95. The van der Waals surface area contributed by atoms with E-state index in [1.165, 1.54) is 11.3 Å². The normalized spacial score (nSPS) is 27.1. The molecule has 1 aliphatic heterocycles. The fraction of sp³-hybridized carbons (Fsp3) is 0.583. The number of ketones is 1. The number of thiophene rings is 1. The van der Waals surface area contributed by atoms with Crippen molar-refractivity contribution in [3.05, 3.63) is 21.3 Å². The first-order valence-electron chi connectivity index (χ1n) is 5.81. The second-order valence-electron chi connectivity index (χ2n) is 4.34. The van der Waals surface area contributed by atoms with Crippen molar-refractivity contribution in [2.45, 2.75) is 36.9 Å². The lowest BCUT2D eigenvalue weighted by Gasteiger charge is -2.17. The maximum absolute atomic E-state index is 12.4. The number of carbonyl (C=O) groups is 1. The van der Waals surface area contributed by atoms with E-state index in [9.17, 15) is 9.00 Å². The molecule has 0 bridgehead atoms. The van der Waals surface area contributed by atoms with Crippen molar-refractivity contribution < 1.29 is 13.7 Å². The summed E-state index contributed by atoms with van der Waals surface area (Å²) in [5, 5.41) is -0.548. The minimum absolute atomic E-state index is 0.0343. The molecule has 0 saturated carbocycles. The highest BCUT2D eigenvalue weighted by Crippen LogP contribution is 2.26. The van der Waals surface area contributed by atoms with E-state index in [0.717, 1.165) is 6.42 Å². The largest absolute Gasteiger partial charge is 0.377 e. The summed E-state index contributed by atoms with van der Waals surface area (Å²) in [6, 6.07) is 3.38. The number of hydrogen-bond acceptors (Lipinski definition) is 4. The zero-order chi connectivity index (χ0) is 13.3. The van der Waals surface area contributed by atoms with Gasteiger partial charge < -0.3 is 4.74 Å². The van der Waals surface area contributed by atoms with E-state index in [2.05, 4.69) is 0 Å². The van der Waals surface area contributed by atoms with Crippen LogP contribution in [0, 0.1) is 0 Å². The molecule has 1 aromatic heterocycles. The molecule has 1 aliphatic rings. The molecule has 0 radical (unpaired) electrons. The van der Waals surface area contributed by atoms with Crippen LogP contribution in [0.2, 0.25) is 4.34 Å². The standard InChI is InChI=1S/C12H15ClO3S2/c1-7-10(5-6-16-7)18(15)8(2)12(14)9-3-4-11(13)17-9/h3-4,7-8,10H,5-6H2,1-2H3. The lowest BCUT2D eigenvalue weighted by atomic mass is 10.2. The first-order chi connectivity index (χ1) is 8.50. The van der Waals surface area contributed by atoms with Crippen molar-refractivity contribution in [2.75, 3.05) is 6.61 Å². The third-order valence-electron chi connectivity index (χ3n) is 3.14. The monoisotopic (exact) mass is 306 g/mol. The maximum Gasteiger partial charge on any atom is 0.188 e. The van der Waals surface area contributed by atoms with Crippen LogP contribution in [-0.2, 0) is 15.5 Å². The van der Waals surface area contributed by atoms with Crippen LogP contribution < -0.4 is 0 Å². The Hall–Kier alpha value is -0.230. The molecular formula is C12H15ClO3S2. The Balaban J connectivity index is 2.09. The van der Waals surface area contributed by atoms with Crippen molar-refractivity contribution in [1.29, 1.82) is 0 Å². The van der Waals surface area contributed by atoms with E-state index in [4.69, 9.17) is 16.3 Å². The Labute approximate surface area is 118 Å². The zero-order valence-corrected chi connectivity index (χ0v) is 12.6. The molecule has 1 saturated heterocycles. The highest BCUT2D eigenvalue weighted by atomic mass is 35.5. The molecule has 3 nitrogen and oxygen atoms in total. The van der Waals surface area contributed by atoms with E-state index >= 15 is 0 Å². The number of ether oxygens (including phenoxy) is 1. The maximum atomic E-state index is 12.4. The van der Waals surface area contributed by atoms with Crippen molar-refractivity contribution in [3.63, 3.8) is 0 Å². The number of hydrogen-bond donors (Lipinski definition) is 0. The summed E-state index contributed by atoms with van der Waals surface area (Å²) < 4.78 is 18.3.